The average Bonchev–Trinajstić information content (AvgIpc) is 1.08. The highest BCUT2D eigenvalue weighted by Gasteiger charge is 2.50. The fourth-order valence-corrected chi connectivity index (χ4v) is 19.4. The van der Waals surface area contributed by atoms with Crippen LogP contribution in [0, 0.1) is 0 Å². The van der Waals surface area contributed by atoms with Gasteiger partial charge in [0.25, 0.3) is 0 Å². The zero-order valence-electron chi connectivity index (χ0n) is 65.4. The van der Waals surface area contributed by atoms with Gasteiger partial charge < -0.3 is 10.2 Å². The number of hydrogen-bond donors (Lipinski definition) is 1. The Bertz CT molecular complexity index is 6080. The van der Waals surface area contributed by atoms with E-state index in [0.29, 0.717) is 0 Å². The summed E-state index contributed by atoms with van der Waals surface area (Å²) in [6.45, 7) is 19.1. The predicted molar refractivity (Wildman–Crippen MR) is 487 cm³/mol. The summed E-state index contributed by atoms with van der Waals surface area (Å²) in [4.78, 5) is 2.44. The second-order valence-electron chi connectivity index (χ2n) is 32.9. The molecular weight excluding hydrogens is 1440 g/mol. The Morgan fingerprint density at radius 1 is 0.211 bits per heavy atom. The molecular formula is C111H95BrN2. The molecule has 3 heteroatoms. The van der Waals surface area contributed by atoms with Gasteiger partial charge in [-0.2, -0.15) is 0 Å². The molecule has 556 valence electrons. The number of nitrogens with one attached hydrogen (secondary N) is 1. The molecule has 0 bridgehead atoms. The molecule has 114 heavy (non-hydrogen) atoms. The predicted octanol–water partition coefficient (Wildman–Crippen LogP) is 30.2. The van der Waals surface area contributed by atoms with E-state index in [1.165, 1.54) is 134 Å². The van der Waals surface area contributed by atoms with E-state index in [2.05, 4.69) is 476 Å². The molecule has 0 saturated heterocycles. The van der Waals surface area contributed by atoms with Crippen LogP contribution in [0.2, 0.25) is 0 Å². The van der Waals surface area contributed by atoms with Crippen LogP contribution >= 0.6 is 15.9 Å². The lowest BCUT2D eigenvalue weighted by molar-refractivity contribution is 0.299. The zero-order valence-corrected chi connectivity index (χ0v) is 67.0. The molecule has 0 aliphatic heterocycles. The summed E-state index contributed by atoms with van der Waals surface area (Å²) in [5.41, 5.74) is 36.5. The minimum Gasteiger partial charge on any atom is -0.356 e. The van der Waals surface area contributed by atoms with Crippen LogP contribution in [0.25, 0.3) is 66.8 Å². The Morgan fingerprint density at radius 2 is 0.456 bits per heavy atom. The third kappa shape index (κ3) is 12.2. The minimum atomic E-state index is -0.441. The van der Waals surface area contributed by atoms with Gasteiger partial charge in [0.15, 0.2) is 0 Å². The molecule has 0 amide bonds. The van der Waals surface area contributed by atoms with Gasteiger partial charge in [0.05, 0.1) is 10.8 Å². The van der Waals surface area contributed by atoms with Crippen LogP contribution in [-0.2, 0) is 32.5 Å². The summed E-state index contributed by atoms with van der Waals surface area (Å²) in [5, 5.41) is 3.59. The molecule has 0 fully saturated rings. The summed E-state index contributed by atoms with van der Waals surface area (Å²) in [7, 11) is 0. The van der Waals surface area contributed by atoms with E-state index >= 15 is 0 Å². The molecule has 0 heterocycles. The van der Waals surface area contributed by atoms with Crippen molar-refractivity contribution < 1.29 is 0 Å². The van der Waals surface area contributed by atoms with Crippen LogP contribution in [0.1, 0.15) is 130 Å². The van der Waals surface area contributed by atoms with Gasteiger partial charge in [-0.05, 0) is 228 Å². The van der Waals surface area contributed by atoms with Crippen molar-refractivity contribution in [2.24, 2.45) is 0 Å². The molecule has 4 aliphatic carbocycles. The molecule has 2 nitrogen and oxygen atoms in total. The summed E-state index contributed by atoms with van der Waals surface area (Å²) >= 11 is 3.62. The Labute approximate surface area is 683 Å². The number of halogens is 1. The van der Waals surface area contributed by atoms with Crippen molar-refractivity contribution in [2.75, 3.05) is 10.2 Å². The molecule has 0 aromatic heterocycles. The molecule has 0 radical (unpaired) electrons. The van der Waals surface area contributed by atoms with Crippen LogP contribution < -0.4 is 10.2 Å². The summed E-state index contributed by atoms with van der Waals surface area (Å²) in [6, 6.07) is 146. The number of hydrogen-bond acceptors (Lipinski definition) is 2. The van der Waals surface area contributed by atoms with Gasteiger partial charge in [0.2, 0.25) is 0 Å². The van der Waals surface area contributed by atoms with E-state index in [0.717, 1.165) is 32.9 Å². The number of rotatable bonds is 11. The maximum atomic E-state index is 3.62. The van der Waals surface area contributed by atoms with Crippen molar-refractivity contribution in [3.63, 3.8) is 0 Å². The van der Waals surface area contributed by atoms with Crippen molar-refractivity contribution in [3.8, 4) is 66.8 Å². The smallest absolute Gasteiger partial charge is 0.0713 e. The van der Waals surface area contributed by atoms with Crippen molar-refractivity contribution in [1.29, 1.82) is 0 Å². The normalized spacial score (nSPS) is 14.9. The maximum Gasteiger partial charge on any atom is 0.0713 e. The highest BCUT2D eigenvalue weighted by Crippen LogP contribution is 2.60. The van der Waals surface area contributed by atoms with Gasteiger partial charge in [-0.15, -0.1) is 0 Å². The molecule has 0 spiro atoms. The van der Waals surface area contributed by atoms with Crippen LogP contribution in [0.5, 0.6) is 0 Å². The standard InChI is InChI=1S/C55H45N.C37H27N.C18H19Br.CH4/c1-53(2)49-24-14-11-21-45(49)48-36-35-44(37-52(48)54(53,3)4)56(42-31-27-39(28-32-42)38-17-7-5-8-18-38)43-33-29-41(30-34-43)55(40-19-9-6-10-20-40)50-25-15-12-22-46(50)47-23-13-16-26-51(47)55;1-3-11-27(12-4-1)28-19-23-31(24-20-28)38-32-25-21-30(22-26-32)37(29-13-5-2-6-14-29)35-17-9-7-15-33(35)34-16-8-10-18-36(34)37;1-17(2)15-8-6-5-7-13(15)14-10-9-12(19)11-16(14)18(17,3)4;/h5-37H,1-4H3;1-26,38H;5-11H,1-4H3;1H4. The Hall–Kier alpha value is -12.4. The lowest BCUT2D eigenvalue weighted by atomic mass is 9.55. The average molecular weight is 1540 g/mol. The molecule has 0 atom stereocenters. The number of fused-ring (bicyclic) bond motifs is 12. The number of benzene rings is 16. The summed E-state index contributed by atoms with van der Waals surface area (Å²) < 4.78 is 1.16. The number of anilines is 5. The van der Waals surface area contributed by atoms with Gasteiger partial charge in [-0.3, -0.25) is 0 Å². The quantitative estimate of drug-likeness (QED) is 0.139. The fourth-order valence-electron chi connectivity index (χ4n) is 19.1. The largest absolute Gasteiger partial charge is 0.356 e. The van der Waals surface area contributed by atoms with Crippen LogP contribution in [-0.4, -0.2) is 0 Å². The van der Waals surface area contributed by atoms with E-state index in [9.17, 15) is 0 Å². The lowest BCUT2D eigenvalue weighted by Crippen LogP contribution is -2.43. The lowest BCUT2D eigenvalue weighted by Gasteiger charge is -2.48. The van der Waals surface area contributed by atoms with Gasteiger partial charge >= 0.3 is 0 Å². The van der Waals surface area contributed by atoms with E-state index < -0.39 is 5.41 Å². The molecule has 16 aromatic rings. The van der Waals surface area contributed by atoms with Crippen molar-refractivity contribution in [1.82, 2.24) is 0 Å². The molecule has 20 rings (SSSR count). The molecule has 16 aromatic carbocycles. The third-order valence-corrected chi connectivity index (χ3v) is 26.7. The topological polar surface area (TPSA) is 15.3 Å². The van der Waals surface area contributed by atoms with Crippen molar-refractivity contribution in [3.05, 3.63) is 472 Å². The van der Waals surface area contributed by atoms with Crippen molar-refractivity contribution in [2.45, 2.75) is 95.3 Å². The second-order valence-corrected chi connectivity index (χ2v) is 33.8. The van der Waals surface area contributed by atoms with Crippen LogP contribution in [0.15, 0.2) is 405 Å². The Balaban J connectivity index is 0.000000139. The minimum absolute atomic E-state index is 0. The van der Waals surface area contributed by atoms with Gasteiger partial charge in [0.1, 0.15) is 0 Å². The molecule has 0 unspecified atom stereocenters. The van der Waals surface area contributed by atoms with Crippen LogP contribution in [0.3, 0.4) is 0 Å². The summed E-state index contributed by atoms with van der Waals surface area (Å²) in [6.07, 6.45) is 0. The zero-order chi connectivity index (χ0) is 77.3. The third-order valence-electron chi connectivity index (χ3n) is 26.2. The van der Waals surface area contributed by atoms with Crippen molar-refractivity contribution >= 4 is 44.4 Å². The first-order valence-electron chi connectivity index (χ1n) is 39.7. The monoisotopic (exact) mass is 1530 g/mol. The molecule has 4 aliphatic rings. The van der Waals surface area contributed by atoms with E-state index in [4.69, 9.17) is 0 Å². The van der Waals surface area contributed by atoms with E-state index in [1.807, 2.05) is 6.07 Å². The first-order valence-corrected chi connectivity index (χ1v) is 40.5. The van der Waals surface area contributed by atoms with Crippen LogP contribution in [0.4, 0.5) is 28.4 Å². The second kappa shape index (κ2) is 29.6. The van der Waals surface area contributed by atoms with Gasteiger partial charge in [0, 0.05) is 32.9 Å². The van der Waals surface area contributed by atoms with Gasteiger partial charge in [-0.25, -0.2) is 0 Å². The maximum absolute atomic E-state index is 3.62. The highest BCUT2D eigenvalue weighted by molar-refractivity contribution is 9.10. The molecule has 1 N–H and O–H groups in total. The highest BCUT2D eigenvalue weighted by atomic mass is 79.9. The van der Waals surface area contributed by atoms with E-state index in [1.54, 1.807) is 0 Å². The molecule has 0 saturated carbocycles. The first kappa shape index (κ1) is 74.3. The SMILES string of the molecule is C.CC1(C)c2ccccc2-c2ccc(Br)cc2C1(C)C.CC1(C)c2ccccc2-c2ccc(N(c3ccc(-c4ccccc4)cc3)c3ccc(C4(c5ccccc5)c5ccccc5-c5ccccc54)cc3)cc2C1(C)C.c1ccc(-c2ccc(Nc3ccc(C4(c5ccccc5)c5ccccc5-c5ccccc54)cc3)cc2)cc1. The van der Waals surface area contributed by atoms with E-state index in [-0.39, 0.29) is 34.5 Å². The fraction of sp³-hybridized carbons (Fsp3) is 0.135. The Kier molecular flexibility index (Phi) is 19.3. The number of nitrogens with zero attached hydrogens (tertiary/aromatic N) is 1. The Morgan fingerprint density at radius 3 is 0.842 bits per heavy atom. The summed E-state index contributed by atoms with van der Waals surface area (Å²) in [5.74, 6) is 0. The first-order chi connectivity index (χ1) is 55.0. The van der Waals surface area contributed by atoms with Gasteiger partial charge in [-0.1, -0.05) is 406 Å².